The minimum atomic E-state index is -0.0821. The molecule has 0 N–H and O–H groups in total. The molecule has 370 valence electrons. The number of nitrogens with zero attached hydrogens (tertiary/aromatic N) is 5. The van der Waals surface area contributed by atoms with Crippen molar-refractivity contribution >= 4 is 54.6 Å². The molecule has 0 saturated heterocycles. The smallest absolute Gasteiger partial charge is 0.268 e. The average Bonchev–Trinajstić information content (AvgIpc) is 4.36. The van der Waals surface area contributed by atoms with Gasteiger partial charge in [-0.05, 0) is 109 Å². The van der Waals surface area contributed by atoms with Crippen LogP contribution in [0.3, 0.4) is 0 Å². The van der Waals surface area contributed by atoms with Gasteiger partial charge in [0.25, 0.3) is 6.33 Å². The van der Waals surface area contributed by atoms with Crippen LogP contribution in [0.15, 0.2) is 231 Å². The van der Waals surface area contributed by atoms with E-state index >= 15 is 0 Å². The molecule has 0 atom stereocenters. The molecule has 0 radical (unpaired) electrons. The zero-order valence-corrected chi connectivity index (χ0v) is 44.7. The number of imidazole rings is 1. The van der Waals surface area contributed by atoms with E-state index in [-0.39, 0.29) is 26.5 Å². The van der Waals surface area contributed by atoms with Crippen LogP contribution in [0.2, 0.25) is 0 Å². The summed E-state index contributed by atoms with van der Waals surface area (Å²) in [5, 5.41) is 4.60. The third kappa shape index (κ3) is 7.42. The molecule has 0 unspecified atom stereocenters. The summed E-state index contributed by atoms with van der Waals surface area (Å²) in [7, 11) is 0. The van der Waals surface area contributed by atoms with Crippen LogP contribution in [-0.4, -0.2) is 18.7 Å². The van der Waals surface area contributed by atoms with Crippen molar-refractivity contribution < 1.29 is 30.4 Å². The molecule has 5 heterocycles. The van der Waals surface area contributed by atoms with Crippen LogP contribution < -0.4 is 9.30 Å². The molecule has 0 bridgehead atoms. The normalized spacial score (nSPS) is 12.0. The molecule has 0 spiro atoms. The number of pyridine rings is 1. The second-order valence-corrected chi connectivity index (χ2v) is 20.7. The van der Waals surface area contributed by atoms with Gasteiger partial charge in [0.2, 0.25) is 0 Å². The van der Waals surface area contributed by atoms with Gasteiger partial charge in [-0.1, -0.05) is 178 Å². The minimum Gasteiger partial charge on any atom is -0.510 e. The van der Waals surface area contributed by atoms with E-state index in [1.54, 1.807) is 0 Å². The largest absolute Gasteiger partial charge is 0.510 e. The number of ether oxygens (including phenoxy) is 1. The Labute approximate surface area is 460 Å². The van der Waals surface area contributed by atoms with Gasteiger partial charge in [0.1, 0.15) is 5.82 Å². The maximum absolute atomic E-state index is 6.87. The SMILES string of the molecule is CC(C)(C)c1ccnc(-n2c3[c-]c(Oc4[c-]c(-n5[c-][n+]6c7c(cccc75)-c5ccccc5-c5ccccc5-c5cccc(-c7ccccc7)c5-6)ccc4)ccc3c3cc(-n4c5ccccc5c5ccccc54)ccc32)c1.[Pt]. The summed E-state index contributed by atoms with van der Waals surface area (Å²) < 4.78 is 15.9. The summed E-state index contributed by atoms with van der Waals surface area (Å²) in [4.78, 5) is 5.01. The molecule has 0 aliphatic carbocycles. The fourth-order valence-corrected chi connectivity index (χ4v) is 11.8. The van der Waals surface area contributed by atoms with Crippen molar-refractivity contribution in [3.8, 4) is 78.9 Å². The summed E-state index contributed by atoms with van der Waals surface area (Å²) in [6.07, 6.45) is 5.82. The van der Waals surface area contributed by atoms with E-state index in [2.05, 4.69) is 264 Å². The molecule has 1 aliphatic heterocycles. The number of rotatable bonds is 6. The monoisotopic (exact) mass is 1170 g/mol. The van der Waals surface area contributed by atoms with Gasteiger partial charge >= 0.3 is 0 Å². The zero-order chi connectivity index (χ0) is 50.6. The Balaban J connectivity index is 0.00000540. The van der Waals surface area contributed by atoms with Crippen molar-refractivity contribution in [1.29, 1.82) is 0 Å². The van der Waals surface area contributed by atoms with Gasteiger partial charge in [-0.3, -0.25) is 4.57 Å². The number of fused-ring (bicyclic) bond motifs is 13. The Hall–Kier alpha value is -9.09. The number of hydrogen-bond acceptors (Lipinski definition) is 2. The Morgan fingerprint density at radius 1 is 0.455 bits per heavy atom. The van der Waals surface area contributed by atoms with Crippen LogP contribution in [0.1, 0.15) is 26.3 Å². The number of hydrogen-bond donors (Lipinski definition) is 0. The van der Waals surface area contributed by atoms with E-state index in [0.717, 1.165) is 89.1 Å². The van der Waals surface area contributed by atoms with E-state index in [9.17, 15) is 0 Å². The van der Waals surface area contributed by atoms with Crippen molar-refractivity contribution in [2.75, 3.05) is 0 Å². The van der Waals surface area contributed by atoms with Gasteiger partial charge in [-0.15, -0.1) is 29.7 Å². The Morgan fingerprint density at radius 3 is 1.78 bits per heavy atom. The topological polar surface area (TPSA) is 40.8 Å². The van der Waals surface area contributed by atoms with Crippen LogP contribution in [0.4, 0.5) is 0 Å². The van der Waals surface area contributed by atoms with Gasteiger partial charge in [0, 0.05) is 60.7 Å². The fourth-order valence-electron chi connectivity index (χ4n) is 11.8. The maximum atomic E-state index is 6.87. The molecule has 0 fully saturated rings. The molecule has 0 saturated carbocycles. The van der Waals surface area contributed by atoms with Crippen LogP contribution in [0.5, 0.6) is 11.5 Å². The van der Waals surface area contributed by atoms with E-state index in [4.69, 9.17) is 9.72 Å². The van der Waals surface area contributed by atoms with Crippen molar-refractivity contribution in [2.24, 2.45) is 0 Å². The molecule has 7 heteroatoms. The van der Waals surface area contributed by atoms with Gasteiger partial charge < -0.3 is 18.4 Å². The van der Waals surface area contributed by atoms with E-state index < -0.39 is 0 Å². The third-order valence-corrected chi connectivity index (χ3v) is 15.3. The van der Waals surface area contributed by atoms with E-state index in [1.807, 2.05) is 24.4 Å². The first-order valence-corrected chi connectivity index (χ1v) is 25.9. The van der Waals surface area contributed by atoms with E-state index in [1.165, 1.54) is 38.5 Å². The molecule has 77 heavy (non-hydrogen) atoms. The predicted molar refractivity (Wildman–Crippen MR) is 308 cm³/mol. The third-order valence-electron chi connectivity index (χ3n) is 15.3. The maximum Gasteiger partial charge on any atom is 0.268 e. The average molecular weight is 1170 g/mol. The molecular weight excluding hydrogens is 1120 g/mol. The number of benzene rings is 10. The van der Waals surface area contributed by atoms with Crippen molar-refractivity contribution in [3.05, 3.63) is 255 Å². The number of aromatic nitrogens is 5. The van der Waals surface area contributed by atoms with Gasteiger partial charge in [0.05, 0.1) is 27.8 Å². The molecule has 1 aliphatic rings. The first-order valence-electron chi connectivity index (χ1n) is 25.9. The zero-order valence-electron chi connectivity index (χ0n) is 42.4. The Bertz CT molecular complexity index is 4620. The summed E-state index contributed by atoms with van der Waals surface area (Å²) >= 11 is 0. The van der Waals surface area contributed by atoms with E-state index in [0.29, 0.717) is 11.5 Å². The quantitative estimate of drug-likeness (QED) is 0.123. The van der Waals surface area contributed by atoms with Gasteiger partial charge in [-0.25, -0.2) is 4.98 Å². The molecule has 14 aromatic rings. The Kier molecular flexibility index (Phi) is 10.9. The van der Waals surface area contributed by atoms with Crippen LogP contribution in [0.25, 0.3) is 122 Å². The molecule has 6 nitrogen and oxygen atoms in total. The first-order chi connectivity index (χ1) is 37.3. The molecular formula is C70H47N5OPt-2. The van der Waals surface area contributed by atoms with Gasteiger partial charge in [0.15, 0.2) is 0 Å². The Morgan fingerprint density at radius 2 is 1.04 bits per heavy atom. The summed E-state index contributed by atoms with van der Waals surface area (Å²) in [6.45, 7) is 6.71. The number of para-hydroxylation sites is 4. The fraction of sp³-hybridized carbons (Fsp3) is 0.0571. The standard InChI is InChI=1S/C70H47N5O.Pt/c1-70(2,3)46-38-39-71-67(40-46)75-64-37-34-48(74-62-31-13-11-26-56(62)57-27-12-14-32-63(57)74)42-61(64)58-36-35-50(43-66(58)75)76-49-21-15-20-47(41-49)72-44-73-68-51(45-18-5-4-6-19-45)28-16-29-59(68)54-24-9-7-22-52(54)53-23-8-10-25-55(53)60-30-17-33-65(72)69(60)73;/h4-40,42H,1-3H3;/q-2;. The van der Waals surface area contributed by atoms with Gasteiger partial charge in [-0.2, -0.15) is 18.2 Å². The van der Waals surface area contributed by atoms with Crippen molar-refractivity contribution in [2.45, 2.75) is 26.2 Å². The second kappa shape index (κ2) is 18.0. The molecule has 4 aromatic heterocycles. The van der Waals surface area contributed by atoms with Crippen LogP contribution in [0, 0.1) is 18.5 Å². The molecule has 15 rings (SSSR count). The van der Waals surface area contributed by atoms with Crippen molar-refractivity contribution in [1.82, 2.24) is 18.7 Å². The predicted octanol–water partition coefficient (Wildman–Crippen LogP) is 17.0. The first kappa shape index (κ1) is 46.4. The van der Waals surface area contributed by atoms with Crippen LogP contribution in [-0.2, 0) is 26.5 Å². The van der Waals surface area contributed by atoms with Crippen LogP contribution >= 0.6 is 0 Å². The second-order valence-electron chi connectivity index (χ2n) is 20.7. The summed E-state index contributed by atoms with van der Waals surface area (Å²) in [5.74, 6) is 1.95. The molecule has 0 amide bonds. The summed E-state index contributed by atoms with van der Waals surface area (Å²) in [6, 6.07) is 87.5. The minimum absolute atomic E-state index is 0. The summed E-state index contributed by atoms with van der Waals surface area (Å²) in [5.41, 5.74) is 19.5. The van der Waals surface area contributed by atoms with Crippen molar-refractivity contribution in [3.63, 3.8) is 0 Å². The molecule has 10 aromatic carbocycles.